The van der Waals surface area contributed by atoms with Gasteiger partial charge in [-0.2, -0.15) is 0 Å². The monoisotopic (exact) mass is 295 g/mol. The van der Waals surface area contributed by atoms with Gasteiger partial charge in [0.25, 0.3) is 0 Å². The van der Waals surface area contributed by atoms with Crippen molar-refractivity contribution in [3.8, 4) is 0 Å². The Labute approximate surface area is 116 Å². The second-order valence-corrected chi connectivity index (χ2v) is 4.55. The van der Waals surface area contributed by atoms with E-state index in [0.717, 1.165) is 24.3 Å². The van der Waals surface area contributed by atoms with Crippen LogP contribution in [0, 0.1) is 23.3 Å². The number of anilines is 1. The molecule has 0 unspecified atom stereocenters. The smallest absolute Gasteiger partial charge is 0.201 e. The molecule has 3 rings (SSSR count). The van der Waals surface area contributed by atoms with Crippen LogP contribution in [0.3, 0.4) is 0 Å². The molecule has 0 saturated heterocycles. The lowest BCUT2D eigenvalue weighted by atomic mass is 10.2. The van der Waals surface area contributed by atoms with Crippen molar-refractivity contribution in [1.82, 2.24) is 9.55 Å². The van der Waals surface area contributed by atoms with Crippen LogP contribution in [0.2, 0.25) is 0 Å². The highest BCUT2D eigenvalue weighted by Gasteiger charge is 2.15. The molecule has 0 radical (unpaired) electrons. The normalized spacial score (nSPS) is 11.2. The van der Waals surface area contributed by atoms with E-state index in [-0.39, 0.29) is 29.1 Å². The van der Waals surface area contributed by atoms with Crippen LogP contribution in [0.15, 0.2) is 30.3 Å². The van der Waals surface area contributed by atoms with E-state index in [2.05, 4.69) is 4.98 Å². The van der Waals surface area contributed by atoms with Crippen LogP contribution in [-0.2, 0) is 6.54 Å². The highest BCUT2D eigenvalue weighted by molar-refractivity contribution is 5.79. The number of halogens is 4. The van der Waals surface area contributed by atoms with Crippen molar-refractivity contribution in [3.05, 3.63) is 59.2 Å². The quantitative estimate of drug-likeness (QED) is 0.738. The fraction of sp³-hybridized carbons (Fsp3) is 0.0714. The molecule has 3 aromatic rings. The Kier molecular flexibility index (Phi) is 3.04. The average Bonchev–Trinajstić information content (AvgIpc) is 2.72. The van der Waals surface area contributed by atoms with E-state index in [1.165, 1.54) is 4.57 Å². The molecule has 7 heteroatoms. The number of rotatable bonds is 2. The summed E-state index contributed by atoms with van der Waals surface area (Å²) in [4.78, 5) is 3.78. The fourth-order valence-electron chi connectivity index (χ4n) is 2.17. The van der Waals surface area contributed by atoms with Crippen LogP contribution in [0.25, 0.3) is 11.0 Å². The van der Waals surface area contributed by atoms with Gasteiger partial charge in [-0.15, -0.1) is 0 Å². The molecule has 21 heavy (non-hydrogen) atoms. The number of nitrogens with zero attached hydrogens (tertiary/aromatic N) is 2. The molecule has 108 valence electrons. The fourth-order valence-corrected chi connectivity index (χ4v) is 2.17. The molecular weight excluding hydrogens is 286 g/mol. The van der Waals surface area contributed by atoms with Crippen LogP contribution >= 0.6 is 0 Å². The topological polar surface area (TPSA) is 43.8 Å². The van der Waals surface area contributed by atoms with Crippen LogP contribution in [0.1, 0.15) is 5.56 Å². The second kappa shape index (κ2) is 4.76. The minimum absolute atomic E-state index is 0.00525. The number of nitrogen functional groups attached to an aromatic ring is 1. The average molecular weight is 295 g/mol. The molecule has 0 aliphatic rings. The molecule has 0 spiro atoms. The summed E-state index contributed by atoms with van der Waals surface area (Å²) in [5.74, 6) is -3.05. The van der Waals surface area contributed by atoms with Crippen LogP contribution in [0.5, 0.6) is 0 Å². The van der Waals surface area contributed by atoms with Crippen molar-refractivity contribution in [1.29, 1.82) is 0 Å². The molecule has 2 aromatic carbocycles. The van der Waals surface area contributed by atoms with Crippen molar-refractivity contribution < 1.29 is 17.6 Å². The lowest BCUT2D eigenvalue weighted by molar-refractivity contribution is 0.578. The molecule has 1 aromatic heterocycles. The number of nitrogens with two attached hydrogens (primary N) is 1. The Morgan fingerprint density at radius 1 is 0.952 bits per heavy atom. The zero-order chi connectivity index (χ0) is 15.1. The minimum Gasteiger partial charge on any atom is -0.369 e. The molecule has 0 atom stereocenters. The maximum Gasteiger partial charge on any atom is 0.201 e. The van der Waals surface area contributed by atoms with Gasteiger partial charge >= 0.3 is 0 Å². The third-order valence-electron chi connectivity index (χ3n) is 3.14. The third-order valence-corrected chi connectivity index (χ3v) is 3.14. The summed E-state index contributed by atoms with van der Waals surface area (Å²) in [6, 6.07) is 4.67. The summed E-state index contributed by atoms with van der Waals surface area (Å²) in [6.45, 7) is -0.186. The minimum atomic E-state index is -0.866. The highest BCUT2D eigenvalue weighted by atomic mass is 19.1. The van der Waals surface area contributed by atoms with Gasteiger partial charge in [0.1, 0.15) is 23.0 Å². The predicted molar refractivity (Wildman–Crippen MR) is 69.5 cm³/mol. The van der Waals surface area contributed by atoms with Crippen molar-refractivity contribution in [2.45, 2.75) is 6.54 Å². The number of hydrogen-bond acceptors (Lipinski definition) is 2. The summed E-state index contributed by atoms with van der Waals surface area (Å²) in [5, 5.41) is 0. The maximum atomic E-state index is 13.7. The Hall–Kier alpha value is -2.57. The molecule has 0 aliphatic carbocycles. The van der Waals surface area contributed by atoms with E-state index in [0.29, 0.717) is 6.07 Å². The van der Waals surface area contributed by atoms with E-state index in [1.54, 1.807) is 0 Å². The SMILES string of the molecule is Nc1nc2c(F)cc(F)cc2n1Cc1cc(F)ccc1F. The number of hydrogen-bond donors (Lipinski definition) is 1. The van der Waals surface area contributed by atoms with Gasteiger partial charge < -0.3 is 10.3 Å². The second-order valence-electron chi connectivity index (χ2n) is 4.55. The standard InChI is InChI=1S/C14H9F4N3/c15-8-1-2-10(17)7(3-8)6-21-12-5-9(16)4-11(18)13(12)20-14(21)19/h1-5H,6H2,(H2,19,20). The lowest BCUT2D eigenvalue weighted by Crippen LogP contribution is -2.06. The Bertz CT molecular complexity index is 842. The number of fused-ring (bicyclic) bond motifs is 1. The highest BCUT2D eigenvalue weighted by Crippen LogP contribution is 2.24. The largest absolute Gasteiger partial charge is 0.369 e. The van der Waals surface area contributed by atoms with Crippen molar-refractivity contribution in [2.24, 2.45) is 0 Å². The molecular formula is C14H9F4N3. The van der Waals surface area contributed by atoms with E-state index in [1.807, 2.05) is 0 Å². The first-order chi connectivity index (χ1) is 9.95. The Morgan fingerprint density at radius 3 is 2.48 bits per heavy atom. The molecule has 0 aliphatic heterocycles. The molecule has 0 saturated carbocycles. The molecule has 2 N–H and O–H groups in total. The van der Waals surface area contributed by atoms with Gasteiger partial charge in [-0.25, -0.2) is 22.5 Å². The summed E-state index contributed by atoms with van der Waals surface area (Å²) in [5.41, 5.74) is 5.62. The first kappa shape index (κ1) is 13.4. The first-order valence-electron chi connectivity index (χ1n) is 6.00. The zero-order valence-electron chi connectivity index (χ0n) is 10.6. The van der Waals surface area contributed by atoms with Crippen LogP contribution in [0.4, 0.5) is 23.5 Å². The Balaban J connectivity index is 2.16. The van der Waals surface area contributed by atoms with Gasteiger partial charge in [-0.1, -0.05) is 0 Å². The van der Waals surface area contributed by atoms with Crippen LogP contribution < -0.4 is 5.73 Å². The van der Waals surface area contributed by atoms with Crippen LogP contribution in [-0.4, -0.2) is 9.55 Å². The van der Waals surface area contributed by atoms with Crippen molar-refractivity contribution in [2.75, 3.05) is 5.73 Å². The molecule has 0 amide bonds. The molecule has 3 nitrogen and oxygen atoms in total. The van der Waals surface area contributed by atoms with Gasteiger partial charge in [-0.3, -0.25) is 0 Å². The van der Waals surface area contributed by atoms with Gasteiger partial charge in [0.05, 0.1) is 12.1 Å². The van der Waals surface area contributed by atoms with Gasteiger partial charge in [-0.05, 0) is 18.2 Å². The van der Waals surface area contributed by atoms with Gasteiger partial charge in [0, 0.05) is 17.7 Å². The predicted octanol–water partition coefficient (Wildman–Crippen LogP) is 3.22. The molecule has 1 heterocycles. The van der Waals surface area contributed by atoms with Gasteiger partial charge in [0.15, 0.2) is 5.82 Å². The first-order valence-corrected chi connectivity index (χ1v) is 6.00. The van der Waals surface area contributed by atoms with Crippen molar-refractivity contribution in [3.63, 3.8) is 0 Å². The Morgan fingerprint density at radius 2 is 1.71 bits per heavy atom. The summed E-state index contributed by atoms with van der Waals surface area (Å²) >= 11 is 0. The number of aromatic nitrogens is 2. The summed E-state index contributed by atoms with van der Waals surface area (Å²) < 4.78 is 55.0. The summed E-state index contributed by atoms with van der Waals surface area (Å²) in [6.07, 6.45) is 0. The zero-order valence-corrected chi connectivity index (χ0v) is 10.6. The van der Waals surface area contributed by atoms with Gasteiger partial charge in [0.2, 0.25) is 5.95 Å². The third kappa shape index (κ3) is 2.31. The van der Waals surface area contributed by atoms with E-state index in [4.69, 9.17) is 5.73 Å². The van der Waals surface area contributed by atoms with Crippen molar-refractivity contribution >= 4 is 17.0 Å². The number of imidazole rings is 1. The van der Waals surface area contributed by atoms with E-state index < -0.39 is 23.3 Å². The number of benzene rings is 2. The van der Waals surface area contributed by atoms with E-state index in [9.17, 15) is 17.6 Å². The van der Waals surface area contributed by atoms with E-state index >= 15 is 0 Å². The maximum absolute atomic E-state index is 13.7. The summed E-state index contributed by atoms with van der Waals surface area (Å²) in [7, 11) is 0. The molecule has 0 fully saturated rings. The lowest BCUT2D eigenvalue weighted by Gasteiger charge is -2.08. The molecule has 0 bridgehead atoms.